The fourth-order valence-corrected chi connectivity index (χ4v) is 1.84. The Morgan fingerprint density at radius 1 is 1.59 bits per heavy atom. The van der Waals surface area contributed by atoms with Gasteiger partial charge in [0.15, 0.2) is 0 Å². The maximum atomic E-state index is 6.06. The largest absolute Gasteiger partial charge is 0.368 e. The van der Waals surface area contributed by atoms with Crippen molar-refractivity contribution in [2.45, 2.75) is 19.1 Å². The molecule has 0 fully saturated rings. The quantitative estimate of drug-likeness (QED) is 0.865. The zero-order chi connectivity index (χ0) is 12.4. The van der Waals surface area contributed by atoms with Crippen molar-refractivity contribution < 1.29 is 0 Å². The summed E-state index contributed by atoms with van der Waals surface area (Å²) in [6.07, 6.45) is 3.56. The highest BCUT2D eigenvalue weighted by atomic mass is 35.5. The minimum atomic E-state index is 0.463. The lowest BCUT2D eigenvalue weighted by Crippen LogP contribution is -2.16. The highest BCUT2D eigenvalue weighted by molar-refractivity contribution is 7.99. The molecule has 1 unspecified atom stereocenters. The van der Waals surface area contributed by atoms with Gasteiger partial charge in [-0.05, 0) is 13.2 Å². The van der Waals surface area contributed by atoms with Crippen molar-refractivity contribution in [2.24, 2.45) is 0 Å². The second kappa shape index (κ2) is 5.10. The summed E-state index contributed by atoms with van der Waals surface area (Å²) in [5.41, 5.74) is 0.887. The van der Waals surface area contributed by atoms with Gasteiger partial charge in [0.25, 0.3) is 5.78 Å². The van der Waals surface area contributed by atoms with Crippen LogP contribution in [0.3, 0.4) is 0 Å². The zero-order valence-corrected chi connectivity index (χ0v) is 11.5. The van der Waals surface area contributed by atoms with Crippen molar-refractivity contribution in [3.05, 3.63) is 17.0 Å². The van der Waals surface area contributed by atoms with Crippen LogP contribution in [0.15, 0.2) is 6.33 Å². The lowest BCUT2D eigenvalue weighted by Gasteiger charge is -2.14. The van der Waals surface area contributed by atoms with E-state index in [1.165, 1.54) is 6.33 Å². The Bertz CT molecular complexity index is 527. The van der Waals surface area contributed by atoms with Crippen LogP contribution in [0.1, 0.15) is 12.5 Å². The Labute approximate surface area is 109 Å². The van der Waals surface area contributed by atoms with Crippen molar-refractivity contribution in [3.63, 3.8) is 0 Å². The number of halogens is 1. The molecule has 0 bridgehead atoms. The normalized spacial score (nSPS) is 12.9. The summed E-state index contributed by atoms with van der Waals surface area (Å²) in [5.74, 6) is 1.37. The first-order valence-electron chi connectivity index (χ1n) is 5.26. The SMILES string of the molecule is CSC(C)CNc1c(C)c(Cl)nc2ncnn12. The van der Waals surface area contributed by atoms with E-state index in [1.54, 1.807) is 16.3 Å². The zero-order valence-electron chi connectivity index (χ0n) is 9.94. The van der Waals surface area contributed by atoms with Crippen LogP contribution in [-0.4, -0.2) is 37.6 Å². The van der Waals surface area contributed by atoms with Crippen LogP contribution in [0.25, 0.3) is 5.78 Å². The molecule has 5 nitrogen and oxygen atoms in total. The molecule has 2 aromatic heterocycles. The van der Waals surface area contributed by atoms with E-state index in [1.807, 2.05) is 6.92 Å². The summed E-state index contributed by atoms with van der Waals surface area (Å²) in [7, 11) is 0. The lowest BCUT2D eigenvalue weighted by atomic mass is 10.3. The maximum Gasteiger partial charge on any atom is 0.255 e. The van der Waals surface area contributed by atoms with Crippen molar-refractivity contribution >= 4 is 35.0 Å². The van der Waals surface area contributed by atoms with Gasteiger partial charge in [-0.3, -0.25) is 0 Å². The predicted octanol–water partition coefficient (Wildman–Crippen LogP) is 2.25. The van der Waals surface area contributed by atoms with Crippen molar-refractivity contribution in [2.75, 3.05) is 18.1 Å². The molecule has 0 aliphatic heterocycles. The van der Waals surface area contributed by atoms with Gasteiger partial charge in [-0.15, -0.1) is 0 Å². The average molecular weight is 272 g/mol. The third kappa shape index (κ3) is 2.47. The van der Waals surface area contributed by atoms with Gasteiger partial charge in [-0.2, -0.15) is 31.3 Å². The molecular weight excluding hydrogens is 258 g/mol. The number of thioether (sulfide) groups is 1. The van der Waals surface area contributed by atoms with E-state index >= 15 is 0 Å². The van der Waals surface area contributed by atoms with Gasteiger partial charge >= 0.3 is 0 Å². The van der Waals surface area contributed by atoms with Crippen molar-refractivity contribution in [3.8, 4) is 0 Å². The summed E-state index contributed by atoms with van der Waals surface area (Å²) in [5, 5.41) is 8.46. The van der Waals surface area contributed by atoms with E-state index in [2.05, 4.69) is 33.6 Å². The summed E-state index contributed by atoms with van der Waals surface area (Å²) in [6, 6.07) is 0. The Hall–Kier alpha value is -1.01. The number of hydrogen-bond donors (Lipinski definition) is 1. The smallest absolute Gasteiger partial charge is 0.255 e. The molecule has 7 heteroatoms. The van der Waals surface area contributed by atoms with Crippen LogP contribution < -0.4 is 5.32 Å². The standard InChI is InChI=1S/C10H14ClN5S/c1-6(17-3)4-12-9-7(2)8(11)15-10-13-5-14-16(9)10/h5-6,12H,4H2,1-3H3. The van der Waals surface area contributed by atoms with Gasteiger partial charge < -0.3 is 5.32 Å². The number of fused-ring (bicyclic) bond motifs is 1. The van der Waals surface area contributed by atoms with E-state index < -0.39 is 0 Å². The topological polar surface area (TPSA) is 55.1 Å². The number of nitrogens with zero attached hydrogens (tertiary/aromatic N) is 4. The third-order valence-electron chi connectivity index (χ3n) is 2.56. The highest BCUT2D eigenvalue weighted by Crippen LogP contribution is 2.22. The molecule has 2 heterocycles. The van der Waals surface area contributed by atoms with Crippen LogP contribution >= 0.6 is 23.4 Å². The van der Waals surface area contributed by atoms with E-state index in [-0.39, 0.29) is 0 Å². The molecule has 1 N–H and O–H groups in total. The minimum Gasteiger partial charge on any atom is -0.368 e. The lowest BCUT2D eigenvalue weighted by molar-refractivity contribution is 0.900. The third-order valence-corrected chi connectivity index (χ3v) is 3.90. The Morgan fingerprint density at radius 2 is 2.35 bits per heavy atom. The fraction of sp³-hybridized carbons (Fsp3) is 0.500. The van der Waals surface area contributed by atoms with Crippen LogP contribution in [-0.2, 0) is 0 Å². The molecular formula is C10H14ClN5S. The Morgan fingerprint density at radius 3 is 3.06 bits per heavy atom. The van der Waals surface area contributed by atoms with Gasteiger partial charge in [0.2, 0.25) is 0 Å². The predicted molar refractivity (Wildman–Crippen MR) is 72.0 cm³/mol. The number of rotatable bonds is 4. The van der Waals surface area contributed by atoms with Gasteiger partial charge in [-0.25, -0.2) is 0 Å². The summed E-state index contributed by atoms with van der Waals surface area (Å²) in [4.78, 5) is 8.19. The number of aromatic nitrogens is 4. The molecule has 2 rings (SSSR count). The maximum absolute atomic E-state index is 6.06. The molecule has 0 saturated heterocycles. The molecule has 92 valence electrons. The molecule has 2 aromatic rings. The molecule has 0 saturated carbocycles. The summed E-state index contributed by atoms with van der Waals surface area (Å²) < 4.78 is 1.67. The van der Waals surface area contributed by atoms with Crippen LogP contribution in [0.2, 0.25) is 5.15 Å². The second-order valence-electron chi connectivity index (χ2n) is 3.78. The van der Waals surface area contributed by atoms with E-state index in [0.29, 0.717) is 16.2 Å². The first kappa shape index (κ1) is 12.4. The average Bonchev–Trinajstić information content (AvgIpc) is 2.76. The van der Waals surface area contributed by atoms with Gasteiger partial charge in [-0.1, -0.05) is 18.5 Å². The molecule has 1 atom stereocenters. The molecule has 17 heavy (non-hydrogen) atoms. The Balaban J connectivity index is 2.36. The molecule has 0 radical (unpaired) electrons. The van der Waals surface area contributed by atoms with E-state index in [4.69, 9.17) is 11.6 Å². The summed E-state index contributed by atoms with van der Waals surface area (Å²) in [6.45, 7) is 4.92. The summed E-state index contributed by atoms with van der Waals surface area (Å²) >= 11 is 7.87. The molecule has 0 aliphatic carbocycles. The number of hydrogen-bond acceptors (Lipinski definition) is 5. The van der Waals surface area contributed by atoms with Crippen LogP contribution in [0.4, 0.5) is 5.82 Å². The van der Waals surface area contributed by atoms with E-state index in [0.717, 1.165) is 17.9 Å². The minimum absolute atomic E-state index is 0.463. The van der Waals surface area contributed by atoms with Crippen LogP contribution in [0.5, 0.6) is 0 Å². The highest BCUT2D eigenvalue weighted by Gasteiger charge is 2.12. The van der Waals surface area contributed by atoms with Crippen LogP contribution in [0, 0.1) is 6.92 Å². The molecule has 0 amide bonds. The second-order valence-corrected chi connectivity index (χ2v) is 5.41. The Kier molecular flexibility index (Phi) is 3.73. The first-order chi connectivity index (χ1) is 8.13. The van der Waals surface area contributed by atoms with Gasteiger partial charge in [0.05, 0.1) is 0 Å². The number of nitrogens with one attached hydrogen (secondary N) is 1. The molecule has 0 aliphatic rings. The van der Waals surface area contributed by atoms with Gasteiger partial charge in [0.1, 0.15) is 17.3 Å². The fourth-order valence-electron chi connectivity index (χ4n) is 1.43. The number of anilines is 1. The van der Waals surface area contributed by atoms with Crippen molar-refractivity contribution in [1.82, 2.24) is 19.6 Å². The van der Waals surface area contributed by atoms with E-state index in [9.17, 15) is 0 Å². The monoisotopic (exact) mass is 271 g/mol. The van der Waals surface area contributed by atoms with Crippen molar-refractivity contribution in [1.29, 1.82) is 0 Å². The first-order valence-corrected chi connectivity index (χ1v) is 6.92. The van der Waals surface area contributed by atoms with Gasteiger partial charge in [0, 0.05) is 17.4 Å². The molecule has 0 aromatic carbocycles. The molecule has 0 spiro atoms.